The van der Waals surface area contributed by atoms with Crippen molar-refractivity contribution in [2.45, 2.75) is 26.8 Å². The van der Waals surface area contributed by atoms with E-state index in [2.05, 4.69) is 20.2 Å². The Hall–Kier alpha value is -4.28. The van der Waals surface area contributed by atoms with Gasteiger partial charge in [0.25, 0.3) is 5.91 Å². The quantitative estimate of drug-likeness (QED) is 0.370. The number of nitrogens with one attached hydrogen (secondary N) is 1. The second-order valence-electron chi connectivity index (χ2n) is 7.48. The summed E-state index contributed by atoms with van der Waals surface area (Å²) in [4.78, 5) is 17.4. The summed E-state index contributed by atoms with van der Waals surface area (Å²) in [5.74, 6) is 0.887. The first kappa shape index (κ1) is 23.9. The number of halogens is 3. The Labute approximate surface area is 197 Å². The number of carbonyl (C=O) groups is 1. The van der Waals surface area contributed by atoms with Crippen molar-refractivity contribution in [3.63, 3.8) is 0 Å². The maximum atomic E-state index is 13.0. The van der Waals surface area contributed by atoms with Crippen molar-refractivity contribution in [2.75, 3.05) is 7.11 Å². The number of hydrogen-bond donors (Lipinski definition) is 1. The highest BCUT2D eigenvalue weighted by Gasteiger charge is 2.31. The number of nitrogens with zero attached hydrogens (tertiary/aromatic N) is 2. The van der Waals surface area contributed by atoms with Crippen LogP contribution >= 0.6 is 0 Å². The maximum absolute atomic E-state index is 13.0. The number of carbonyl (C=O) groups excluding carboxylic acids is 1. The maximum Gasteiger partial charge on any atom is 0.573 e. The molecule has 2 aromatic carbocycles. The largest absolute Gasteiger partial charge is 0.573 e. The lowest BCUT2D eigenvalue weighted by atomic mass is 10.1. The number of ether oxygens (including phenoxy) is 2. The zero-order valence-corrected chi connectivity index (χ0v) is 18.9. The molecular formula is C24H20F3N3O5. The Morgan fingerprint density at radius 3 is 2.26 bits per heavy atom. The first-order valence-electron chi connectivity index (χ1n) is 10.4. The number of alkyl halides is 3. The van der Waals surface area contributed by atoms with Gasteiger partial charge < -0.3 is 23.7 Å². The van der Waals surface area contributed by atoms with Crippen LogP contribution in [0.15, 0.2) is 57.5 Å². The van der Waals surface area contributed by atoms with Crippen molar-refractivity contribution >= 4 is 5.91 Å². The minimum atomic E-state index is -4.80. The average molecular weight is 487 g/mol. The van der Waals surface area contributed by atoms with E-state index in [4.69, 9.17) is 13.7 Å². The van der Waals surface area contributed by atoms with Crippen molar-refractivity contribution in [2.24, 2.45) is 0 Å². The lowest BCUT2D eigenvalue weighted by Gasteiger charge is -2.09. The van der Waals surface area contributed by atoms with Crippen LogP contribution in [0.5, 0.6) is 11.5 Å². The van der Waals surface area contributed by atoms with Crippen molar-refractivity contribution in [1.82, 2.24) is 15.5 Å². The van der Waals surface area contributed by atoms with E-state index >= 15 is 0 Å². The van der Waals surface area contributed by atoms with E-state index in [0.29, 0.717) is 34.4 Å². The number of rotatable bonds is 7. The minimum absolute atomic E-state index is 0.0761. The molecule has 4 aromatic rings. The molecule has 0 radical (unpaired) electrons. The Morgan fingerprint density at radius 1 is 1.00 bits per heavy atom. The van der Waals surface area contributed by atoms with Crippen LogP contribution in [0.2, 0.25) is 0 Å². The summed E-state index contributed by atoms with van der Waals surface area (Å²) < 4.78 is 57.2. The number of oxazole rings is 1. The second-order valence-corrected chi connectivity index (χ2v) is 7.48. The minimum Gasteiger partial charge on any atom is -0.497 e. The Bertz CT molecular complexity index is 1330. The molecule has 0 fully saturated rings. The fourth-order valence-corrected chi connectivity index (χ4v) is 3.34. The molecule has 0 unspecified atom stereocenters. The van der Waals surface area contributed by atoms with E-state index in [1.54, 1.807) is 33.1 Å². The van der Waals surface area contributed by atoms with Gasteiger partial charge in [0.15, 0.2) is 5.76 Å². The van der Waals surface area contributed by atoms with Gasteiger partial charge in [-0.25, -0.2) is 4.98 Å². The van der Waals surface area contributed by atoms with Gasteiger partial charge in [0.1, 0.15) is 28.5 Å². The average Bonchev–Trinajstić information content (AvgIpc) is 3.39. The molecule has 0 bridgehead atoms. The van der Waals surface area contributed by atoms with Gasteiger partial charge in [-0.3, -0.25) is 4.79 Å². The van der Waals surface area contributed by atoms with Crippen LogP contribution < -0.4 is 14.8 Å². The van der Waals surface area contributed by atoms with Gasteiger partial charge in [-0.15, -0.1) is 13.2 Å². The highest BCUT2D eigenvalue weighted by Crippen LogP contribution is 2.30. The smallest absolute Gasteiger partial charge is 0.497 e. The van der Waals surface area contributed by atoms with Crippen LogP contribution in [-0.2, 0) is 6.54 Å². The number of aryl methyl sites for hydroxylation is 2. The zero-order valence-electron chi connectivity index (χ0n) is 18.9. The lowest BCUT2D eigenvalue weighted by molar-refractivity contribution is -0.274. The monoisotopic (exact) mass is 487 g/mol. The zero-order chi connectivity index (χ0) is 25.2. The molecule has 1 amide bonds. The van der Waals surface area contributed by atoms with E-state index in [0.717, 1.165) is 17.7 Å². The van der Waals surface area contributed by atoms with Gasteiger partial charge in [0.2, 0.25) is 5.89 Å². The fraction of sp³-hybridized carbons (Fsp3) is 0.208. The molecule has 0 aliphatic rings. The highest BCUT2D eigenvalue weighted by atomic mass is 19.4. The second kappa shape index (κ2) is 9.53. The summed E-state index contributed by atoms with van der Waals surface area (Å²) in [6.45, 7) is 3.40. The number of benzene rings is 2. The predicted molar refractivity (Wildman–Crippen MR) is 118 cm³/mol. The number of amides is 1. The molecular weight excluding hydrogens is 467 g/mol. The Kier molecular flexibility index (Phi) is 6.50. The number of methoxy groups -OCH3 is 1. The van der Waals surface area contributed by atoms with Crippen molar-refractivity contribution in [3.05, 3.63) is 71.2 Å². The van der Waals surface area contributed by atoms with E-state index in [1.165, 1.54) is 12.1 Å². The topological polar surface area (TPSA) is 99.6 Å². The molecule has 182 valence electrons. The van der Waals surface area contributed by atoms with Crippen molar-refractivity contribution in [3.8, 4) is 34.3 Å². The van der Waals surface area contributed by atoms with Gasteiger partial charge in [-0.05, 0) is 62.4 Å². The standard InChI is InChI=1S/C24H20F3N3O5/c1-13-20(21(35-30-13)15-4-10-18(11-5-15)34-24(25,26)27)22(31)28-12-19-14(2)33-23(29-19)16-6-8-17(32-3)9-7-16/h4-11H,12H2,1-3H3,(H,28,31). The van der Waals surface area contributed by atoms with Crippen LogP contribution in [-0.4, -0.2) is 29.5 Å². The lowest BCUT2D eigenvalue weighted by Crippen LogP contribution is -2.24. The molecule has 35 heavy (non-hydrogen) atoms. The van der Waals surface area contributed by atoms with Crippen molar-refractivity contribution < 1.29 is 36.4 Å². The van der Waals surface area contributed by atoms with Gasteiger partial charge in [0, 0.05) is 11.1 Å². The molecule has 0 saturated heterocycles. The first-order chi connectivity index (χ1) is 16.6. The van der Waals surface area contributed by atoms with Gasteiger partial charge >= 0.3 is 6.36 Å². The molecule has 11 heteroatoms. The molecule has 0 spiro atoms. The normalized spacial score (nSPS) is 11.4. The molecule has 2 heterocycles. The highest BCUT2D eigenvalue weighted by molar-refractivity contribution is 6.00. The summed E-state index contributed by atoms with van der Waals surface area (Å²) in [7, 11) is 1.57. The van der Waals surface area contributed by atoms with Gasteiger partial charge in [0.05, 0.1) is 19.3 Å². The van der Waals surface area contributed by atoms with Crippen LogP contribution in [0, 0.1) is 13.8 Å². The van der Waals surface area contributed by atoms with E-state index in [9.17, 15) is 18.0 Å². The predicted octanol–water partition coefficient (Wildman–Crippen LogP) is 5.45. The number of hydrogen-bond acceptors (Lipinski definition) is 7. The Morgan fingerprint density at radius 2 is 1.63 bits per heavy atom. The molecule has 4 rings (SSSR count). The molecule has 2 aromatic heterocycles. The summed E-state index contributed by atoms with van der Waals surface area (Å²) >= 11 is 0. The third-order valence-electron chi connectivity index (χ3n) is 5.09. The summed E-state index contributed by atoms with van der Waals surface area (Å²) in [5, 5.41) is 6.60. The van der Waals surface area contributed by atoms with Gasteiger partial charge in [-0.2, -0.15) is 0 Å². The summed E-state index contributed by atoms with van der Waals surface area (Å²) in [5.41, 5.74) is 2.13. The number of aromatic nitrogens is 2. The van der Waals surface area contributed by atoms with Crippen LogP contribution in [0.25, 0.3) is 22.8 Å². The van der Waals surface area contributed by atoms with E-state index in [1.807, 2.05) is 12.1 Å². The van der Waals surface area contributed by atoms with Crippen molar-refractivity contribution in [1.29, 1.82) is 0 Å². The van der Waals surface area contributed by atoms with Gasteiger partial charge in [-0.1, -0.05) is 5.16 Å². The Balaban J connectivity index is 1.49. The van der Waals surface area contributed by atoms with Crippen LogP contribution in [0.4, 0.5) is 13.2 Å². The van der Waals surface area contributed by atoms with Crippen LogP contribution in [0.1, 0.15) is 27.5 Å². The molecule has 8 nitrogen and oxygen atoms in total. The molecule has 0 saturated carbocycles. The summed E-state index contributed by atoms with van der Waals surface area (Å²) in [6.07, 6.45) is -4.80. The van der Waals surface area contributed by atoms with E-state index in [-0.39, 0.29) is 17.9 Å². The summed E-state index contributed by atoms with van der Waals surface area (Å²) in [6, 6.07) is 12.1. The first-order valence-corrected chi connectivity index (χ1v) is 10.4. The molecule has 1 N–H and O–H groups in total. The third kappa shape index (κ3) is 5.45. The SMILES string of the molecule is COc1ccc(-c2nc(CNC(=O)c3c(C)noc3-c3ccc(OC(F)(F)F)cc3)c(C)o2)cc1. The molecule has 0 atom stereocenters. The van der Waals surface area contributed by atoms with Crippen LogP contribution in [0.3, 0.4) is 0 Å². The third-order valence-corrected chi connectivity index (χ3v) is 5.09. The fourth-order valence-electron chi connectivity index (χ4n) is 3.34. The molecule has 0 aliphatic heterocycles. The molecule has 0 aliphatic carbocycles. The van der Waals surface area contributed by atoms with E-state index < -0.39 is 18.0 Å².